The van der Waals surface area contributed by atoms with Crippen molar-refractivity contribution in [2.45, 2.75) is 12.8 Å². The highest BCUT2D eigenvalue weighted by molar-refractivity contribution is 9.10. The summed E-state index contributed by atoms with van der Waals surface area (Å²) in [6.07, 6.45) is 5.54. The van der Waals surface area contributed by atoms with E-state index in [4.69, 9.17) is 5.73 Å². The second-order valence-corrected chi connectivity index (χ2v) is 4.96. The van der Waals surface area contributed by atoms with Crippen LogP contribution in [-0.2, 0) is 6.42 Å². The SMILES string of the molecule is Nc1cncc(Br)c1NCCCc1ccccc1. The fraction of sp³-hybridized carbons (Fsp3) is 0.214. The zero-order valence-corrected chi connectivity index (χ0v) is 11.7. The Labute approximate surface area is 116 Å². The molecule has 0 saturated carbocycles. The first-order chi connectivity index (χ1) is 8.77. The molecule has 4 heteroatoms. The molecule has 1 aromatic heterocycles. The van der Waals surface area contributed by atoms with E-state index in [1.54, 1.807) is 12.4 Å². The molecule has 0 atom stereocenters. The van der Waals surface area contributed by atoms with E-state index in [9.17, 15) is 0 Å². The van der Waals surface area contributed by atoms with Crippen LogP contribution < -0.4 is 11.1 Å². The lowest BCUT2D eigenvalue weighted by Gasteiger charge is -2.10. The average molecular weight is 306 g/mol. The summed E-state index contributed by atoms with van der Waals surface area (Å²) in [5.41, 5.74) is 8.82. The molecule has 0 bridgehead atoms. The molecule has 2 rings (SSSR count). The van der Waals surface area contributed by atoms with Gasteiger partial charge >= 0.3 is 0 Å². The summed E-state index contributed by atoms with van der Waals surface area (Å²) in [4.78, 5) is 4.01. The van der Waals surface area contributed by atoms with Gasteiger partial charge in [-0.2, -0.15) is 0 Å². The van der Waals surface area contributed by atoms with E-state index in [0.717, 1.165) is 29.5 Å². The Bertz CT molecular complexity index is 479. The van der Waals surface area contributed by atoms with Crippen molar-refractivity contribution < 1.29 is 0 Å². The summed E-state index contributed by atoms with van der Waals surface area (Å²) in [5, 5.41) is 3.34. The van der Waals surface area contributed by atoms with Gasteiger partial charge in [0.25, 0.3) is 0 Å². The molecule has 0 aliphatic heterocycles. The molecular weight excluding hydrogens is 290 g/mol. The minimum atomic E-state index is 0.670. The molecular formula is C14H16BrN3. The number of rotatable bonds is 5. The number of hydrogen-bond acceptors (Lipinski definition) is 3. The lowest BCUT2D eigenvalue weighted by Crippen LogP contribution is -2.06. The molecule has 2 aromatic rings. The summed E-state index contributed by atoms with van der Waals surface area (Å²) in [6, 6.07) is 10.5. The zero-order chi connectivity index (χ0) is 12.8. The van der Waals surface area contributed by atoms with Crippen LogP contribution in [0.4, 0.5) is 11.4 Å². The highest BCUT2D eigenvalue weighted by atomic mass is 79.9. The first-order valence-corrected chi connectivity index (χ1v) is 6.73. The Morgan fingerprint density at radius 2 is 1.94 bits per heavy atom. The van der Waals surface area contributed by atoms with Crippen LogP contribution in [0.3, 0.4) is 0 Å². The number of halogens is 1. The summed E-state index contributed by atoms with van der Waals surface area (Å²) >= 11 is 3.44. The maximum absolute atomic E-state index is 5.86. The molecule has 1 aromatic carbocycles. The van der Waals surface area contributed by atoms with Gasteiger partial charge in [0.2, 0.25) is 0 Å². The zero-order valence-electron chi connectivity index (χ0n) is 10.1. The highest BCUT2D eigenvalue weighted by Crippen LogP contribution is 2.26. The Hall–Kier alpha value is -1.55. The maximum Gasteiger partial charge on any atom is 0.0750 e. The number of aromatic nitrogens is 1. The van der Waals surface area contributed by atoms with Crippen LogP contribution in [-0.4, -0.2) is 11.5 Å². The van der Waals surface area contributed by atoms with Crippen LogP contribution in [0, 0.1) is 0 Å². The van der Waals surface area contributed by atoms with E-state index < -0.39 is 0 Å². The van der Waals surface area contributed by atoms with E-state index in [-0.39, 0.29) is 0 Å². The molecule has 0 aliphatic rings. The van der Waals surface area contributed by atoms with E-state index in [0.29, 0.717) is 5.69 Å². The second-order valence-electron chi connectivity index (χ2n) is 4.10. The molecule has 0 spiro atoms. The maximum atomic E-state index is 5.86. The van der Waals surface area contributed by atoms with Crippen molar-refractivity contribution in [3.05, 3.63) is 52.8 Å². The predicted octanol–water partition coefficient (Wildman–Crippen LogP) is 3.47. The second kappa shape index (κ2) is 6.40. The Balaban J connectivity index is 1.82. The molecule has 0 saturated heterocycles. The summed E-state index contributed by atoms with van der Waals surface area (Å²) in [5.74, 6) is 0. The molecule has 0 fully saturated rings. The van der Waals surface area contributed by atoms with Crippen LogP contribution in [0.2, 0.25) is 0 Å². The summed E-state index contributed by atoms with van der Waals surface area (Å²) in [7, 11) is 0. The number of anilines is 2. The average Bonchev–Trinajstić information content (AvgIpc) is 2.38. The molecule has 3 nitrogen and oxygen atoms in total. The topological polar surface area (TPSA) is 50.9 Å². The molecule has 0 aliphatic carbocycles. The van der Waals surface area contributed by atoms with E-state index in [2.05, 4.69) is 50.5 Å². The van der Waals surface area contributed by atoms with E-state index in [1.165, 1.54) is 5.56 Å². The van der Waals surface area contributed by atoms with Crippen LogP contribution in [0.25, 0.3) is 0 Å². The van der Waals surface area contributed by atoms with Crippen molar-refractivity contribution in [3.63, 3.8) is 0 Å². The third-order valence-corrected chi connectivity index (χ3v) is 3.32. The minimum Gasteiger partial charge on any atom is -0.396 e. The van der Waals surface area contributed by atoms with Crippen LogP contribution in [0.15, 0.2) is 47.2 Å². The monoisotopic (exact) mass is 305 g/mol. The fourth-order valence-electron chi connectivity index (χ4n) is 1.79. The minimum absolute atomic E-state index is 0.670. The Kier molecular flexibility index (Phi) is 4.59. The Morgan fingerprint density at radius 3 is 2.67 bits per heavy atom. The number of hydrogen-bond donors (Lipinski definition) is 2. The van der Waals surface area contributed by atoms with Crippen molar-refractivity contribution in [1.82, 2.24) is 4.98 Å². The van der Waals surface area contributed by atoms with Crippen molar-refractivity contribution in [2.24, 2.45) is 0 Å². The molecule has 18 heavy (non-hydrogen) atoms. The fourth-order valence-corrected chi connectivity index (χ4v) is 2.27. The van der Waals surface area contributed by atoms with Gasteiger partial charge in [-0.3, -0.25) is 4.98 Å². The first-order valence-electron chi connectivity index (χ1n) is 5.94. The van der Waals surface area contributed by atoms with Crippen molar-refractivity contribution in [3.8, 4) is 0 Å². The van der Waals surface area contributed by atoms with E-state index in [1.807, 2.05) is 6.07 Å². The van der Waals surface area contributed by atoms with Gasteiger partial charge < -0.3 is 11.1 Å². The molecule has 94 valence electrons. The van der Waals surface area contributed by atoms with Gasteiger partial charge in [0.1, 0.15) is 0 Å². The Morgan fingerprint density at radius 1 is 1.17 bits per heavy atom. The highest BCUT2D eigenvalue weighted by Gasteiger charge is 2.03. The van der Waals surface area contributed by atoms with Crippen molar-refractivity contribution in [1.29, 1.82) is 0 Å². The van der Waals surface area contributed by atoms with Gasteiger partial charge in [-0.15, -0.1) is 0 Å². The number of aryl methyl sites for hydroxylation is 1. The number of pyridine rings is 1. The predicted molar refractivity (Wildman–Crippen MR) is 79.6 cm³/mol. The number of nitrogens with two attached hydrogens (primary N) is 1. The van der Waals surface area contributed by atoms with E-state index >= 15 is 0 Å². The van der Waals surface area contributed by atoms with Gasteiger partial charge in [-0.05, 0) is 34.3 Å². The third-order valence-electron chi connectivity index (χ3n) is 2.72. The molecule has 0 unspecified atom stereocenters. The van der Waals surface area contributed by atoms with Gasteiger partial charge in [0, 0.05) is 12.7 Å². The number of nitrogens with zero attached hydrogens (tertiary/aromatic N) is 1. The number of nitrogen functional groups attached to an aromatic ring is 1. The first kappa shape index (κ1) is 12.9. The summed E-state index contributed by atoms with van der Waals surface area (Å²) < 4.78 is 0.905. The van der Waals surface area contributed by atoms with Crippen LogP contribution in [0.5, 0.6) is 0 Å². The quantitative estimate of drug-likeness (QED) is 0.832. The standard InChI is InChI=1S/C14H16BrN3/c15-12-9-17-10-13(16)14(12)18-8-4-7-11-5-2-1-3-6-11/h1-3,5-6,9-10H,4,7-8,16H2,(H,17,18). The molecule has 1 heterocycles. The summed E-state index contributed by atoms with van der Waals surface area (Å²) in [6.45, 7) is 0.891. The van der Waals surface area contributed by atoms with Gasteiger partial charge in [-0.25, -0.2) is 0 Å². The van der Waals surface area contributed by atoms with Gasteiger partial charge in [-0.1, -0.05) is 30.3 Å². The normalized spacial score (nSPS) is 10.3. The van der Waals surface area contributed by atoms with Crippen molar-refractivity contribution >= 4 is 27.3 Å². The molecule has 0 radical (unpaired) electrons. The van der Waals surface area contributed by atoms with Gasteiger partial charge in [0.15, 0.2) is 0 Å². The smallest absolute Gasteiger partial charge is 0.0750 e. The van der Waals surface area contributed by atoms with Gasteiger partial charge in [0.05, 0.1) is 22.0 Å². The number of benzene rings is 1. The van der Waals surface area contributed by atoms with Crippen molar-refractivity contribution in [2.75, 3.05) is 17.6 Å². The lowest BCUT2D eigenvalue weighted by molar-refractivity contribution is 0.862. The van der Waals surface area contributed by atoms with Crippen LogP contribution >= 0.6 is 15.9 Å². The third kappa shape index (κ3) is 3.47. The molecule has 0 amide bonds. The largest absolute Gasteiger partial charge is 0.396 e. The van der Waals surface area contributed by atoms with Crippen LogP contribution in [0.1, 0.15) is 12.0 Å². The number of nitrogens with one attached hydrogen (secondary N) is 1. The lowest BCUT2D eigenvalue weighted by atomic mass is 10.1. The molecule has 3 N–H and O–H groups in total.